The van der Waals surface area contributed by atoms with Crippen LogP contribution in [0.1, 0.15) is 50.3 Å². The Morgan fingerprint density at radius 2 is 1.61 bits per heavy atom. The number of anilines is 5. The summed E-state index contributed by atoms with van der Waals surface area (Å²) in [6.45, 7) is 18.6. The highest BCUT2D eigenvalue weighted by molar-refractivity contribution is 7.70. The van der Waals surface area contributed by atoms with Crippen molar-refractivity contribution >= 4 is 59.0 Å². The van der Waals surface area contributed by atoms with Gasteiger partial charge < -0.3 is 34.5 Å². The number of nitrogens with zero attached hydrogens (tertiary/aromatic N) is 4. The predicted molar refractivity (Wildman–Crippen MR) is 188 cm³/mol. The van der Waals surface area contributed by atoms with Gasteiger partial charge in [-0.1, -0.05) is 11.6 Å². The molecule has 0 atom stereocenters. The number of hydrogen-bond donors (Lipinski definition) is 2. The number of carbonyl (C=O) groups is 1. The van der Waals surface area contributed by atoms with Gasteiger partial charge in [-0.2, -0.15) is 4.98 Å². The van der Waals surface area contributed by atoms with E-state index in [-0.39, 0.29) is 11.5 Å². The maximum Gasteiger partial charge on any atom is 0.410 e. The first-order chi connectivity index (χ1) is 21.5. The largest absolute Gasteiger partial charge is 0.494 e. The Morgan fingerprint density at radius 1 is 0.978 bits per heavy atom. The van der Waals surface area contributed by atoms with Crippen LogP contribution >= 0.6 is 18.7 Å². The Morgan fingerprint density at radius 3 is 2.22 bits per heavy atom. The van der Waals surface area contributed by atoms with E-state index in [0.29, 0.717) is 41.3 Å². The van der Waals surface area contributed by atoms with Crippen molar-refractivity contribution in [2.75, 3.05) is 62.2 Å². The molecule has 0 saturated carbocycles. The summed E-state index contributed by atoms with van der Waals surface area (Å²) in [5.41, 5.74) is 5.52. The number of likely N-dealkylation sites (tertiary alicyclic amines) is 1. The summed E-state index contributed by atoms with van der Waals surface area (Å²) in [5.74, 6) is 1.43. The number of nitrogens with one attached hydrogen (secondary N) is 2. The van der Waals surface area contributed by atoms with E-state index in [1.165, 1.54) is 0 Å². The van der Waals surface area contributed by atoms with Gasteiger partial charge in [0.15, 0.2) is 5.82 Å². The SMILES string of the molecule is COc1cc(N2CC3(CCN(C(=O)OC(C)(C)C)CC3)C2)c(C)cc1Nc1ncc(Cl)c(Nc2cc(C)c(C)cc2P(C)(C)=O)n1. The molecule has 248 valence electrons. The average Bonchev–Trinajstić information content (AvgIpc) is 2.94. The van der Waals surface area contributed by atoms with Crippen molar-refractivity contribution in [2.45, 2.75) is 60.0 Å². The van der Waals surface area contributed by atoms with Crippen LogP contribution in [0.2, 0.25) is 5.02 Å². The molecule has 5 rings (SSSR count). The number of halogens is 1. The van der Waals surface area contributed by atoms with Gasteiger partial charge in [-0.15, -0.1) is 0 Å². The quantitative estimate of drug-likeness (QED) is 0.246. The minimum atomic E-state index is -2.58. The molecule has 3 heterocycles. The molecule has 2 N–H and O–H groups in total. The zero-order valence-corrected chi connectivity index (χ0v) is 30.0. The van der Waals surface area contributed by atoms with Gasteiger partial charge >= 0.3 is 6.09 Å². The highest BCUT2D eigenvalue weighted by Gasteiger charge is 2.46. The van der Waals surface area contributed by atoms with Crippen LogP contribution in [0.15, 0.2) is 30.5 Å². The van der Waals surface area contributed by atoms with Gasteiger partial charge in [0, 0.05) is 48.7 Å². The number of carbonyl (C=O) groups excluding carboxylic acids is 1. The van der Waals surface area contributed by atoms with Crippen LogP contribution in [0.4, 0.5) is 33.6 Å². The Kier molecular flexibility index (Phi) is 9.28. The van der Waals surface area contributed by atoms with Crippen LogP contribution in [0, 0.1) is 26.2 Å². The Balaban J connectivity index is 1.29. The van der Waals surface area contributed by atoms with Crippen molar-refractivity contribution in [3.8, 4) is 5.75 Å². The summed E-state index contributed by atoms with van der Waals surface area (Å²) >= 11 is 6.52. The summed E-state index contributed by atoms with van der Waals surface area (Å²) in [4.78, 5) is 25.8. The maximum atomic E-state index is 13.1. The Hall–Kier alpha value is -3.49. The molecular weight excluding hydrogens is 623 g/mol. The lowest BCUT2D eigenvalue weighted by Gasteiger charge is -2.55. The third-order valence-electron chi connectivity index (χ3n) is 8.82. The number of ether oxygens (including phenoxy) is 2. The molecular formula is C34H46ClN6O4P. The van der Waals surface area contributed by atoms with Gasteiger partial charge in [0.1, 0.15) is 23.5 Å². The third-order valence-corrected chi connectivity index (χ3v) is 10.6. The van der Waals surface area contributed by atoms with Crippen molar-refractivity contribution in [3.05, 3.63) is 52.2 Å². The van der Waals surface area contributed by atoms with Gasteiger partial charge in [0.2, 0.25) is 5.95 Å². The molecule has 1 aromatic heterocycles. The monoisotopic (exact) mass is 668 g/mol. The summed E-state index contributed by atoms with van der Waals surface area (Å²) in [6.07, 6.45) is 3.23. The molecule has 2 aliphatic heterocycles. The summed E-state index contributed by atoms with van der Waals surface area (Å²) in [6, 6.07) is 8.04. The Labute approximate surface area is 277 Å². The number of hydrogen-bond acceptors (Lipinski definition) is 9. The first-order valence-electron chi connectivity index (χ1n) is 15.6. The maximum absolute atomic E-state index is 13.1. The van der Waals surface area contributed by atoms with E-state index in [1.54, 1.807) is 26.6 Å². The fourth-order valence-electron chi connectivity index (χ4n) is 6.13. The van der Waals surface area contributed by atoms with Crippen molar-refractivity contribution in [3.63, 3.8) is 0 Å². The van der Waals surface area contributed by atoms with Gasteiger partial charge in [0.25, 0.3) is 0 Å². The second-order valence-corrected chi connectivity index (χ2v) is 17.7. The molecule has 0 aliphatic carbocycles. The smallest absolute Gasteiger partial charge is 0.410 e. The second kappa shape index (κ2) is 12.6. The van der Waals surface area contributed by atoms with Crippen LogP contribution in [-0.2, 0) is 9.30 Å². The minimum Gasteiger partial charge on any atom is -0.494 e. The fourth-order valence-corrected chi connectivity index (χ4v) is 7.48. The number of benzene rings is 2. The standard InChI is InChI=1S/C34H46ClN6O4P/c1-21-14-26(29(16-22(21)2)46(8,9)43)37-30-24(35)18-36-31(39-30)38-25-15-23(3)27(17-28(25)44-7)41-19-34(20-41)10-12-40(13-11-34)32(42)45-33(4,5)6/h14-18H,10-13,19-20H2,1-9H3,(H2,36,37,38,39). The first-order valence-corrected chi connectivity index (χ1v) is 18.6. The molecule has 3 aromatic rings. The number of piperidine rings is 1. The zero-order valence-electron chi connectivity index (χ0n) is 28.4. The zero-order chi connectivity index (χ0) is 33.6. The molecule has 0 bridgehead atoms. The molecule has 12 heteroatoms. The summed E-state index contributed by atoms with van der Waals surface area (Å²) < 4.78 is 24.5. The van der Waals surface area contributed by atoms with Crippen molar-refractivity contribution in [1.29, 1.82) is 0 Å². The van der Waals surface area contributed by atoms with Crippen molar-refractivity contribution in [1.82, 2.24) is 14.9 Å². The van der Waals surface area contributed by atoms with Crippen LogP contribution < -0.4 is 25.6 Å². The number of rotatable bonds is 7. The van der Waals surface area contributed by atoms with Crippen molar-refractivity contribution < 1.29 is 18.8 Å². The molecule has 46 heavy (non-hydrogen) atoms. The summed E-state index contributed by atoms with van der Waals surface area (Å²) in [5, 5.41) is 7.70. The molecule has 2 fully saturated rings. The third kappa shape index (κ3) is 7.39. The van der Waals surface area contributed by atoms with Crippen LogP contribution in [0.3, 0.4) is 0 Å². The van der Waals surface area contributed by atoms with Gasteiger partial charge in [0.05, 0.1) is 24.7 Å². The van der Waals surface area contributed by atoms with Crippen LogP contribution in [0.25, 0.3) is 0 Å². The van der Waals surface area contributed by atoms with E-state index in [0.717, 1.165) is 59.3 Å². The average molecular weight is 669 g/mol. The fraction of sp³-hybridized carbons (Fsp3) is 0.500. The van der Waals surface area contributed by atoms with E-state index >= 15 is 0 Å². The topological polar surface area (TPSA) is 109 Å². The van der Waals surface area contributed by atoms with E-state index < -0.39 is 12.7 Å². The number of amides is 1. The molecule has 1 spiro atoms. The lowest BCUT2D eigenvalue weighted by molar-refractivity contribution is 0.00597. The summed E-state index contributed by atoms with van der Waals surface area (Å²) in [7, 11) is -0.932. The molecule has 0 unspecified atom stereocenters. The number of methoxy groups -OCH3 is 1. The minimum absolute atomic E-state index is 0.203. The van der Waals surface area contributed by atoms with E-state index in [2.05, 4.69) is 38.5 Å². The molecule has 2 saturated heterocycles. The highest BCUT2D eigenvalue weighted by atomic mass is 35.5. The second-order valence-electron chi connectivity index (χ2n) is 14.1. The molecule has 2 aliphatic rings. The first kappa shape index (κ1) is 33.9. The Bertz CT molecular complexity index is 1690. The van der Waals surface area contributed by atoms with Crippen LogP contribution in [0.5, 0.6) is 5.75 Å². The van der Waals surface area contributed by atoms with Gasteiger partial charge in [-0.3, -0.25) is 0 Å². The van der Waals surface area contributed by atoms with Gasteiger partial charge in [-0.25, -0.2) is 9.78 Å². The number of aryl methyl sites for hydroxylation is 3. The number of aromatic nitrogens is 2. The normalized spacial score (nSPS) is 16.2. The molecule has 1 amide bonds. The predicted octanol–water partition coefficient (Wildman–Crippen LogP) is 7.64. The van der Waals surface area contributed by atoms with E-state index in [1.807, 2.05) is 57.7 Å². The van der Waals surface area contributed by atoms with Gasteiger partial charge in [-0.05, 0) is 103 Å². The molecule has 2 aromatic carbocycles. The van der Waals surface area contributed by atoms with Crippen LogP contribution in [-0.4, -0.2) is 73.2 Å². The lowest BCUT2D eigenvalue weighted by atomic mass is 9.71. The lowest BCUT2D eigenvalue weighted by Crippen LogP contribution is -2.61. The van der Waals surface area contributed by atoms with E-state index in [9.17, 15) is 9.36 Å². The van der Waals surface area contributed by atoms with Crippen molar-refractivity contribution in [2.24, 2.45) is 5.41 Å². The highest BCUT2D eigenvalue weighted by Crippen LogP contribution is 2.46. The molecule has 10 nitrogen and oxygen atoms in total. The van der Waals surface area contributed by atoms with E-state index in [4.69, 9.17) is 21.1 Å². The molecule has 0 radical (unpaired) electrons.